The van der Waals surface area contributed by atoms with Crippen LogP contribution in [0.5, 0.6) is 5.75 Å². The Balaban J connectivity index is 1.58. The zero-order valence-corrected chi connectivity index (χ0v) is 15.2. The van der Waals surface area contributed by atoms with Crippen molar-refractivity contribution in [2.75, 3.05) is 12.4 Å². The van der Waals surface area contributed by atoms with Gasteiger partial charge >= 0.3 is 0 Å². The van der Waals surface area contributed by atoms with E-state index in [0.717, 1.165) is 22.6 Å². The van der Waals surface area contributed by atoms with Crippen molar-refractivity contribution < 1.29 is 13.9 Å². The Morgan fingerprint density at radius 1 is 1.15 bits per heavy atom. The minimum absolute atomic E-state index is 0.0608. The third-order valence-corrected chi connectivity index (χ3v) is 4.26. The Bertz CT molecular complexity index is 915. The Morgan fingerprint density at radius 3 is 2.77 bits per heavy atom. The van der Waals surface area contributed by atoms with Crippen molar-refractivity contribution in [3.05, 3.63) is 65.7 Å². The van der Waals surface area contributed by atoms with Crippen molar-refractivity contribution in [1.29, 1.82) is 0 Å². The number of methoxy groups -OCH3 is 1. The van der Waals surface area contributed by atoms with E-state index in [0.29, 0.717) is 24.5 Å². The van der Waals surface area contributed by atoms with Crippen LogP contribution in [0.1, 0.15) is 23.4 Å². The van der Waals surface area contributed by atoms with E-state index in [1.165, 1.54) is 5.56 Å². The van der Waals surface area contributed by atoms with Crippen LogP contribution < -0.4 is 10.1 Å². The second kappa shape index (κ2) is 7.87. The number of hydrogen-bond donors (Lipinski definition) is 1. The van der Waals surface area contributed by atoms with Crippen LogP contribution in [0.25, 0.3) is 11.3 Å². The summed E-state index contributed by atoms with van der Waals surface area (Å²) < 4.78 is 11.0. The Hall–Kier alpha value is -3.08. The zero-order chi connectivity index (χ0) is 18.5. The van der Waals surface area contributed by atoms with Crippen LogP contribution in [0, 0.1) is 13.8 Å². The lowest BCUT2D eigenvalue weighted by molar-refractivity contribution is -0.116. The standard InChI is InChI=1S/C21H22N2O3/c1-14-7-8-17(11-15(14)2)23-20(24)9-10-21-22-13-19(26-21)16-5-4-6-18(12-16)25-3/h4-8,11-13H,9-10H2,1-3H3,(H,23,24). The van der Waals surface area contributed by atoms with Crippen molar-refractivity contribution in [3.63, 3.8) is 0 Å². The lowest BCUT2D eigenvalue weighted by Crippen LogP contribution is -2.12. The maximum atomic E-state index is 12.1. The maximum absolute atomic E-state index is 12.1. The van der Waals surface area contributed by atoms with Gasteiger partial charge in [-0.1, -0.05) is 18.2 Å². The molecule has 5 heteroatoms. The molecule has 0 unspecified atom stereocenters. The van der Waals surface area contributed by atoms with Gasteiger partial charge in [0.2, 0.25) is 5.91 Å². The molecule has 0 atom stereocenters. The van der Waals surface area contributed by atoms with Gasteiger partial charge in [0.1, 0.15) is 5.75 Å². The van der Waals surface area contributed by atoms with Gasteiger partial charge in [-0.2, -0.15) is 0 Å². The SMILES string of the molecule is COc1cccc(-c2cnc(CCC(=O)Nc3ccc(C)c(C)c3)o2)c1. The number of hydrogen-bond acceptors (Lipinski definition) is 4. The van der Waals surface area contributed by atoms with Crippen LogP contribution >= 0.6 is 0 Å². The molecule has 0 fully saturated rings. The van der Waals surface area contributed by atoms with Gasteiger partial charge in [0.05, 0.1) is 13.3 Å². The third kappa shape index (κ3) is 4.30. The van der Waals surface area contributed by atoms with Crippen LogP contribution in [-0.4, -0.2) is 18.0 Å². The highest BCUT2D eigenvalue weighted by Crippen LogP contribution is 2.24. The lowest BCUT2D eigenvalue weighted by atomic mass is 10.1. The van der Waals surface area contributed by atoms with Gasteiger partial charge in [-0.15, -0.1) is 0 Å². The molecule has 1 heterocycles. The van der Waals surface area contributed by atoms with Gasteiger partial charge in [-0.3, -0.25) is 4.79 Å². The van der Waals surface area contributed by atoms with E-state index in [9.17, 15) is 4.79 Å². The molecular weight excluding hydrogens is 328 g/mol. The molecule has 134 valence electrons. The van der Waals surface area contributed by atoms with Crippen LogP contribution in [0.2, 0.25) is 0 Å². The van der Waals surface area contributed by atoms with Crippen LogP contribution in [0.3, 0.4) is 0 Å². The minimum Gasteiger partial charge on any atom is -0.497 e. The third-order valence-electron chi connectivity index (χ3n) is 4.26. The van der Waals surface area contributed by atoms with E-state index < -0.39 is 0 Å². The van der Waals surface area contributed by atoms with Crippen molar-refractivity contribution in [2.45, 2.75) is 26.7 Å². The molecule has 1 aromatic heterocycles. The first-order valence-electron chi connectivity index (χ1n) is 8.51. The fraction of sp³-hybridized carbons (Fsp3) is 0.238. The van der Waals surface area contributed by atoms with Crippen molar-refractivity contribution in [3.8, 4) is 17.1 Å². The molecule has 0 saturated carbocycles. The second-order valence-corrected chi connectivity index (χ2v) is 6.20. The number of nitrogens with zero attached hydrogens (tertiary/aromatic N) is 1. The molecule has 0 saturated heterocycles. The number of carbonyl (C=O) groups excluding carboxylic acids is 1. The quantitative estimate of drug-likeness (QED) is 0.709. The molecule has 5 nitrogen and oxygen atoms in total. The first kappa shape index (κ1) is 17.7. The van der Waals surface area contributed by atoms with Gasteiger partial charge in [0.25, 0.3) is 0 Å². The number of nitrogens with one attached hydrogen (secondary N) is 1. The van der Waals surface area contributed by atoms with Gasteiger partial charge in [-0.05, 0) is 49.2 Å². The molecule has 0 aliphatic carbocycles. The zero-order valence-electron chi connectivity index (χ0n) is 15.2. The van der Waals surface area contributed by atoms with Crippen LogP contribution in [-0.2, 0) is 11.2 Å². The van der Waals surface area contributed by atoms with Crippen molar-refractivity contribution in [2.24, 2.45) is 0 Å². The molecule has 0 radical (unpaired) electrons. The number of anilines is 1. The number of ether oxygens (including phenoxy) is 1. The normalized spacial score (nSPS) is 10.6. The van der Waals surface area contributed by atoms with E-state index in [-0.39, 0.29) is 5.91 Å². The molecule has 0 bridgehead atoms. The predicted octanol–water partition coefficient (Wildman–Crippen LogP) is 4.54. The van der Waals surface area contributed by atoms with Crippen LogP contribution in [0.4, 0.5) is 5.69 Å². The number of aromatic nitrogens is 1. The largest absolute Gasteiger partial charge is 0.497 e. The highest BCUT2D eigenvalue weighted by molar-refractivity contribution is 5.90. The van der Waals surface area contributed by atoms with E-state index >= 15 is 0 Å². The summed E-state index contributed by atoms with van der Waals surface area (Å²) in [4.78, 5) is 16.4. The van der Waals surface area contributed by atoms with Crippen molar-refractivity contribution in [1.82, 2.24) is 4.98 Å². The van der Waals surface area contributed by atoms with Gasteiger partial charge < -0.3 is 14.5 Å². The molecule has 3 rings (SSSR count). The highest BCUT2D eigenvalue weighted by Gasteiger charge is 2.10. The maximum Gasteiger partial charge on any atom is 0.224 e. The summed E-state index contributed by atoms with van der Waals surface area (Å²) in [5.74, 6) is 1.90. The summed E-state index contributed by atoms with van der Waals surface area (Å²) in [5, 5.41) is 2.91. The number of aryl methyl sites for hydroxylation is 3. The smallest absolute Gasteiger partial charge is 0.224 e. The average molecular weight is 350 g/mol. The molecule has 3 aromatic rings. The summed E-state index contributed by atoms with van der Waals surface area (Å²) >= 11 is 0. The van der Waals surface area contributed by atoms with Gasteiger partial charge in [0, 0.05) is 24.1 Å². The highest BCUT2D eigenvalue weighted by atomic mass is 16.5. The second-order valence-electron chi connectivity index (χ2n) is 6.20. The Morgan fingerprint density at radius 2 is 2.00 bits per heavy atom. The van der Waals surface area contributed by atoms with Crippen LogP contribution in [0.15, 0.2) is 53.1 Å². The topological polar surface area (TPSA) is 64.4 Å². The molecule has 1 amide bonds. The summed E-state index contributed by atoms with van der Waals surface area (Å²) in [6.45, 7) is 4.07. The fourth-order valence-electron chi connectivity index (χ4n) is 2.60. The molecule has 0 aliphatic heterocycles. The van der Waals surface area contributed by atoms with E-state index in [4.69, 9.17) is 9.15 Å². The predicted molar refractivity (Wildman–Crippen MR) is 101 cm³/mol. The number of carbonyl (C=O) groups is 1. The Kier molecular flexibility index (Phi) is 5.37. The molecule has 2 aromatic carbocycles. The number of benzene rings is 2. The van der Waals surface area contributed by atoms with Gasteiger partial charge in [-0.25, -0.2) is 4.98 Å². The summed E-state index contributed by atoms with van der Waals surface area (Å²) in [6.07, 6.45) is 2.43. The molecule has 0 spiro atoms. The summed E-state index contributed by atoms with van der Waals surface area (Å²) in [6, 6.07) is 13.5. The molecule has 0 aliphatic rings. The number of oxazole rings is 1. The average Bonchev–Trinajstić information content (AvgIpc) is 3.12. The summed E-state index contributed by atoms with van der Waals surface area (Å²) in [7, 11) is 1.62. The van der Waals surface area contributed by atoms with E-state index in [1.807, 2.05) is 56.3 Å². The van der Waals surface area contributed by atoms with E-state index in [1.54, 1.807) is 13.3 Å². The monoisotopic (exact) mass is 350 g/mol. The lowest BCUT2D eigenvalue weighted by Gasteiger charge is -2.07. The Labute approximate surface area is 153 Å². The first-order chi connectivity index (χ1) is 12.5. The molecule has 1 N–H and O–H groups in total. The number of rotatable bonds is 6. The fourth-order valence-corrected chi connectivity index (χ4v) is 2.60. The minimum atomic E-state index is -0.0608. The summed E-state index contributed by atoms with van der Waals surface area (Å²) in [5.41, 5.74) is 4.05. The van der Waals surface area contributed by atoms with Crippen molar-refractivity contribution >= 4 is 11.6 Å². The van der Waals surface area contributed by atoms with Gasteiger partial charge in [0.15, 0.2) is 11.7 Å². The molecular formula is C21H22N2O3. The molecule has 26 heavy (non-hydrogen) atoms. The van der Waals surface area contributed by atoms with E-state index in [2.05, 4.69) is 10.3 Å². The first-order valence-corrected chi connectivity index (χ1v) is 8.51. The number of amides is 1.